The molecule has 0 unspecified atom stereocenters. The monoisotopic (exact) mass is 390 g/mol. The highest BCUT2D eigenvalue weighted by atomic mass is 16.7. The summed E-state index contributed by atoms with van der Waals surface area (Å²) in [6.07, 6.45) is 1.69. The first-order valence-electron chi connectivity index (χ1n) is 8.99. The van der Waals surface area contributed by atoms with Crippen molar-refractivity contribution < 1.29 is 23.8 Å². The van der Waals surface area contributed by atoms with Gasteiger partial charge in [0.05, 0.1) is 19.7 Å². The molecule has 0 aliphatic carbocycles. The van der Waals surface area contributed by atoms with Gasteiger partial charge in [-0.25, -0.2) is 9.78 Å². The van der Waals surface area contributed by atoms with Crippen molar-refractivity contribution in [2.45, 2.75) is 12.5 Å². The topological polar surface area (TPSA) is 79.2 Å². The van der Waals surface area contributed by atoms with Gasteiger partial charge in [-0.3, -0.25) is 0 Å². The highest BCUT2D eigenvalue weighted by molar-refractivity contribution is 5.87. The number of benzene rings is 2. The minimum atomic E-state index is -0.502. The number of ether oxygens (including phenoxy) is 3. The van der Waals surface area contributed by atoms with E-state index in [1.54, 1.807) is 6.07 Å². The predicted octanol–water partition coefficient (Wildman–Crippen LogP) is 4.51. The molecule has 0 N–H and O–H groups in total. The van der Waals surface area contributed by atoms with E-state index in [1.807, 2.05) is 54.6 Å². The van der Waals surface area contributed by atoms with Gasteiger partial charge in [0, 0.05) is 0 Å². The fourth-order valence-corrected chi connectivity index (χ4v) is 2.77. The van der Waals surface area contributed by atoms with Crippen LogP contribution in [0, 0.1) is 0 Å². The highest BCUT2D eigenvalue weighted by Gasteiger charge is 2.24. The summed E-state index contributed by atoms with van der Waals surface area (Å²) in [6.45, 7) is 0. The summed E-state index contributed by atoms with van der Waals surface area (Å²) in [5.74, 6) is 1.92. The summed E-state index contributed by atoms with van der Waals surface area (Å²) in [6, 6.07) is 20.4. The van der Waals surface area contributed by atoms with Crippen molar-refractivity contribution in [2.75, 3.05) is 7.11 Å². The lowest BCUT2D eigenvalue weighted by atomic mass is 10.1. The van der Waals surface area contributed by atoms with Crippen molar-refractivity contribution >= 4 is 11.9 Å². The molecule has 0 bridgehead atoms. The van der Waals surface area contributed by atoms with Crippen molar-refractivity contribution in [3.8, 4) is 17.2 Å². The molecule has 29 heavy (non-hydrogen) atoms. The maximum atomic E-state index is 11.4. The molecule has 0 amide bonds. The molecule has 0 saturated heterocycles. The molecule has 2 heterocycles. The number of methoxy groups -OCH3 is 1. The van der Waals surface area contributed by atoms with Gasteiger partial charge in [0.15, 0.2) is 6.10 Å². The van der Waals surface area contributed by atoms with E-state index in [0.717, 1.165) is 17.1 Å². The largest absolute Gasteiger partial charge is 0.464 e. The molecule has 2 aromatic carbocycles. The maximum absolute atomic E-state index is 11.4. The number of hydrogen-bond acceptors (Lipinski definition) is 7. The molecule has 1 aromatic heterocycles. The van der Waals surface area contributed by atoms with E-state index in [2.05, 4.69) is 14.9 Å². The third kappa shape index (κ3) is 4.52. The van der Waals surface area contributed by atoms with E-state index in [0.29, 0.717) is 18.1 Å². The molecule has 0 saturated carbocycles. The van der Waals surface area contributed by atoms with Crippen LogP contribution in [0.5, 0.6) is 17.2 Å². The number of nitrogens with zero attached hydrogens (tertiary/aromatic N) is 2. The Balaban J connectivity index is 1.33. The second-order valence-electron chi connectivity index (χ2n) is 6.24. The van der Waals surface area contributed by atoms with E-state index < -0.39 is 5.97 Å². The van der Waals surface area contributed by atoms with Crippen LogP contribution in [0.4, 0.5) is 0 Å². The molecule has 0 radical (unpaired) electrons. The van der Waals surface area contributed by atoms with Crippen molar-refractivity contribution in [2.24, 2.45) is 5.16 Å². The molecular formula is C22H18N2O5. The molecule has 7 nitrogen and oxygen atoms in total. The highest BCUT2D eigenvalue weighted by Crippen LogP contribution is 2.30. The molecule has 0 spiro atoms. The quantitative estimate of drug-likeness (QED) is 0.596. The smallest absolute Gasteiger partial charge is 0.356 e. The van der Waals surface area contributed by atoms with Gasteiger partial charge in [-0.15, -0.1) is 0 Å². The number of aromatic nitrogens is 1. The predicted molar refractivity (Wildman–Crippen MR) is 105 cm³/mol. The zero-order valence-electron chi connectivity index (χ0n) is 15.6. The van der Waals surface area contributed by atoms with Crippen LogP contribution >= 0.6 is 0 Å². The van der Waals surface area contributed by atoms with Gasteiger partial charge in [0.1, 0.15) is 22.9 Å². The van der Waals surface area contributed by atoms with Gasteiger partial charge < -0.3 is 19.0 Å². The van der Waals surface area contributed by atoms with Gasteiger partial charge in [-0.1, -0.05) is 35.5 Å². The standard InChI is InChI=1S/C22H18N2O5/c1-26-22(25)19-12-11-18(14-23-19)28-21-13-20(29-24-21)15-7-9-17(10-8-15)27-16-5-3-2-4-6-16/h2-12,14,20H,13H2,1H3/t20-/m1/s1. The Bertz CT molecular complexity index is 1000. The van der Waals surface area contributed by atoms with E-state index >= 15 is 0 Å². The molecule has 3 aromatic rings. The minimum absolute atomic E-state index is 0.208. The maximum Gasteiger partial charge on any atom is 0.356 e. The summed E-state index contributed by atoms with van der Waals surface area (Å²) < 4.78 is 16.1. The first-order chi connectivity index (χ1) is 14.2. The van der Waals surface area contributed by atoms with Crippen molar-refractivity contribution in [1.29, 1.82) is 0 Å². The molecule has 0 fully saturated rings. The van der Waals surface area contributed by atoms with E-state index in [-0.39, 0.29) is 11.8 Å². The zero-order valence-corrected chi connectivity index (χ0v) is 15.6. The lowest BCUT2D eigenvalue weighted by Gasteiger charge is -2.10. The fourth-order valence-electron chi connectivity index (χ4n) is 2.77. The first kappa shape index (κ1) is 18.5. The number of carbonyl (C=O) groups is 1. The third-order valence-electron chi connectivity index (χ3n) is 4.24. The number of oxime groups is 1. The Hall–Kier alpha value is -3.87. The summed E-state index contributed by atoms with van der Waals surface area (Å²) in [7, 11) is 1.31. The fraction of sp³-hybridized carbons (Fsp3) is 0.136. The van der Waals surface area contributed by atoms with Crippen molar-refractivity contribution in [3.63, 3.8) is 0 Å². The van der Waals surface area contributed by atoms with Gasteiger partial charge in [-0.2, -0.15) is 0 Å². The number of rotatable bonds is 5. The van der Waals surface area contributed by atoms with Crippen LogP contribution in [0.1, 0.15) is 28.6 Å². The SMILES string of the molecule is COC(=O)c1ccc(OC2=NO[C@@H](c3ccc(Oc4ccccc4)cc3)C2)cn1. The average Bonchev–Trinajstić information content (AvgIpc) is 3.23. The van der Waals surface area contributed by atoms with Crippen LogP contribution in [0.15, 0.2) is 78.1 Å². The third-order valence-corrected chi connectivity index (χ3v) is 4.24. The molecule has 1 atom stereocenters. The number of carbonyl (C=O) groups excluding carboxylic acids is 1. The van der Waals surface area contributed by atoms with Gasteiger partial charge in [0.25, 0.3) is 0 Å². The normalized spacial score (nSPS) is 15.2. The summed E-state index contributed by atoms with van der Waals surface area (Å²) in [5, 5.41) is 4.00. The minimum Gasteiger partial charge on any atom is -0.464 e. The van der Waals surface area contributed by atoms with Gasteiger partial charge >= 0.3 is 5.97 Å². The lowest BCUT2D eigenvalue weighted by Crippen LogP contribution is -2.08. The Morgan fingerprint density at radius 1 is 0.931 bits per heavy atom. The second kappa shape index (κ2) is 8.43. The van der Waals surface area contributed by atoms with Crippen LogP contribution in [-0.4, -0.2) is 24.0 Å². The van der Waals surface area contributed by atoms with Crippen molar-refractivity contribution in [3.05, 3.63) is 84.2 Å². The Labute approximate surface area is 167 Å². The van der Waals surface area contributed by atoms with Crippen LogP contribution in [0.3, 0.4) is 0 Å². The summed E-state index contributed by atoms with van der Waals surface area (Å²) >= 11 is 0. The van der Waals surface area contributed by atoms with E-state index in [1.165, 1.54) is 19.4 Å². The van der Waals surface area contributed by atoms with E-state index in [4.69, 9.17) is 14.3 Å². The molecule has 7 heteroatoms. The first-order valence-corrected chi connectivity index (χ1v) is 8.99. The van der Waals surface area contributed by atoms with Crippen LogP contribution < -0.4 is 9.47 Å². The summed E-state index contributed by atoms with van der Waals surface area (Å²) in [5.41, 5.74) is 1.17. The molecule has 1 aliphatic rings. The van der Waals surface area contributed by atoms with Crippen LogP contribution in [0.25, 0.3) is 0 Å². The Kier molecular flexibility index (Phi) is 5.38. The number of hydrogen-bond donors (Lipinski definition) is 0. The van der Waals surface area contributed by atoms with Crippen LogP contribution in [0.2, 0.25) is 0 Å². The van der Waals surface area contributed by atoms with E-state index in [9.17, 15) is 4.79 Å². The average molecular weight is 390 g/mol. The van der Waals surface area contributed by atoms with Gasteiger partial charge in [0.2, 0.25) is 5.90 Å². The second-order valence-corrected chi connectivity index (χ2v) is 6.24. The molecular weight excluding hydrogens is 372 g/mol. The Morgan fingerprint density at radius 2 is 1.66 bits per heavy atom. The Morgan fingerprint density at radius 3 is 2.34 bits per heavy atom. The molecule has 4 rings (SSSR count). The molecule has 146 valence electrons. The number of esters is 1. The summed E-state index contributed by atoms with van der Waals surface area (Å²) in [4.78, 5) is 20.9. The van der Waals surface area contributed by atoms with Crippen LogP contribution in [-0.2, 0) is 9.57 Å². The van der Waals surface area contributed by atoms with Gasteiger partial charge in [-0.05, 0) is 42.0 Å². The molecule has 1 aliphatic heterocycles. The zero-order chi connectivity index (χ0) is 20.1. The number of pyridine rings is 1. The van der Waals surface area contributed by atoms with Crippen molar-refractivity contribution in [1.82, 2.24) is 4.98 Å². The number of para-hydroxylation sites is 1. The lowest BCUT2D eigenvalue weighted by molar-refractivity contribution is 0.0594.